The highest BCUT2D eigenvalue weighted by Crippen LogP contribution is 2.32. The molecule has 0 aliphatic heterocycles. The molecule has 182 valence electrons. The molecular weight excluding hydrogens is 459 g/mol. The SMILES string of the molecule is CN(C)CCCCNC(=O)Nc1snc(OCc2c(CF)ccc(CF)c2CF)c1C(N)=O. The van der Waals surface area contributed by atoms with Crippen molar-refractivity contribution in [3.8, 4) is 5.88 Å². The number of halogens is 3. The number of hydrogen-bond donors (Lipinski definition) is 3. The molecule has 12 heteroatoms. The molecule has 1 aromatic carbocycles. The fraction of sp³-hybridized carbons (Fsp3) is 0.476. The molecule has 0 fully saturated rings. The zero-order valence-corrected chi connectivity index (χ0v) is 19.4. The summed E-state index contributed by atoms with van der Waals surface area (Å²) in [6, 6.07) is 2.15. The monoisotopic (exact) mass is 487 g/mol. The van der Waals surface area contributed by atoms with Gasteiger partial charge in [0.2, 0.25) is 5.88 Å². The van der Waals surface area contributed by atoms with Crippen LogP contribution < -0.4 is 21.1 Å². The van der Waals surface area contributed by atoms with E-state index in [4.69, 9.17) is 10.5 Å². The molecule has 1 heterocycles. The number of carbonyl (C=O) groups is 2. The Balaban J connectivity index is 2.10. The first-order valence-corrected chi connectivity index (χ1v) is 11.0. The molecule has 8 nitrogen and oxygen atoms in total. The van der Waals surface area contributed by atoms with Gasteiger partial charge in [0.25, 0.3) is 5.91 Å². The third-order valence-corrected chi connectivity index (χ3v) is 5.60. The molecule has 0 unspecified atom stereocenters. The van der Waals surface area contributed by atoms with Crippen molar-refractivity contribution in [3.05, 3.63) is 39.9 Å². The predicted octanol–water partition coefficient (Wildman–Crippen LogP) is 3.69. The van der Waals surface area contributed by atoms with E-state index in [0.717, 1.165) is 30.9 Å². The summed E-state index contributed by atoms with van der Waals surface area (Å²) in [5.74, 6) is -1.08. The number of alkyl halides is 3. The van der Waals surface area contributed by atoms with Gasteiger partial charge >= 0.3 is 6.03 Å². The molecule has 2 rings (SSSR count). The van der Waals surface area contributed by atoms with Gasteiger partial charge in [-0.3, -0.25) is 10.1 Å². The third kappa shape index (κ3) is 7.32. The second-order valence-corrected chi connectivity index (χ2v) is 8.25. The van der Waals surface area contributed by atoms with Gasteiger partial charge in [0.15, 0.2) is 0 Å². The minimum Gasteiger partial charge on any atom is -0.472 e. The van der Waals surface area contributed by atoms with Crippen molar-refractivity contribution in [2.24, 2.45) is 5.73 Å². The number of nitrogens with two attached hydrogens (primary N) is 1. The average molecular weight is 488 g/mol. The smallest absolute Gasteiger partial charge is 0.319 e. The number of nitrogens with one attached hydrogen (secondary N) is 2. The summed E-state index contributed by atoms with van der Waals surface area (Å²) in [5.41, 5.74) is 5.64. The van der Waals surface area contributed by atoms with E-state index >= 15 is 0 Å². The number of rotatable bonds is 13. The largest absolute Gasteiger partial charge is 0.472 e. The van der Waals surface area contributed by atoms with E-state index in [-0.39, 0.29) is 45.3 Å². The summed E-state index contributed by atoms with van der Waals surface area (Å²) < 4.78 is 49.6. The molecule has 0 saturated heterocycles. The number of amides is 3. The van der Waals surface area contributed by atoms with Gasteiger partial charge in [-0.1, -0.05) is 12.1 Å². The number of benzene rings is 1. The maximum absolute atomic E-state index is 13.5. The Morgan fingerprint density at radius 3 is 2.33 bits per heavy atom. The first kappa shape index (κ1) is 26.4. The molecule has 0 atom stereocenters. The standard InChI is InChI=1S/C21H28F3N5O3S/c1-29(2)8-4-3-7-26-21(31)27-20-17(18(25)30)19(28-33-20)32-12-16-14(10-23)6-5-13(9-22)15(16)11-24/h5-6H,3-4,7-12H2,1-2H3,(H2,25,30)(H2,26,27,31). The predicted molar refractivity (Wildman–Crippen MR) is 121 cm³/mol. The fourth-order valence-corrected chi connectivity index (χ4v) is 3.84. The number of urea groups is 1. The lowest BCUT2D eigenvalue weighted by molar-refractivity contribution is 0.0996. The molecule has 0 radical (unpaired) electrons. The number of anilines is 1. The minimum atomic E-state index is -1.01. The Bertz CT molecular complexity index is 955. The Morgan fingerprint density at radius 2 is 1.76 bits per heavy atom. The van der Waals surface area contributed by atoms with Crippen LogP contribution in [0.25, 0.3) is 0 Å². The lowest BCUT2D eigenvalue weighted by Gasteiger charge is -2.15. The number of ether oxygens (including phenoxy) is 1. The molecule has 2 aromatic rings. The van der Waals surface area contributed by atoms with Gasteiger partial charge in [-0.15, -0.1) is 0 Å². The minimum absolute atomic E-state index is 0.00417. The fourth-order valence-electron chi connectivity index (χ4n) is 3.11. The number of carbonyl (C=O) groups excluding carboxylic acids is 2. The molecule has 0 bridgehead atoms. The van der Waals surface area contributed by atoms with Crippen molar-refractivity contribution < 1.29 is 27.5 Å². The number of aromatic nitrogens is 1. The molecule has 3 amide bonds. The third-order valence-electron chi connectivity index (χ3n) is 4.85. The van der Waals surface area contributed by atoms with Crippen molar-refractivity contribution in [3.63, 3.8) is 0 Å². The van der Waals surface area contributed by atoms with Crippen molar-refractivity contribution >= 4 is 28.5 Å². The number of nitrogens with zero attached hydrogens (tertiary/aromatic N) is 2. The Morgan fingerprint density at radius 1 is 1.09 bits per heavy atom. The topological polar surface area (TPSA) is 110 Å². The first-order chi connectivity index (χ1) is 15.8. The maximum Gasteiger partial charge on any atom is 0.319 e. The molecule has 0 aliphatic rings. The normalized spacial score (nSPS) is 11.0. The van der Waals surface area contributed by atoms with Crippen molar-refractivity contribution in [1.29, 1.82) is 0 Å². The average Bonchev–Trinajstić information content (AvgIpc) is 3.18. The zero-order valence-electron chi connectivity index (χ0n) is 18.6. The molecule has 4 N–H and O–H groups in total. The van der Waals surface area contributed by atoms with Gasteiger partial charge in [0, 0.05) is 12.1 Å². The number of hydrogen-bond acceptors (Lipinski definition) is 6. The highest BCUT2D eigenvalue weighted by Gasteiger charge is 2.23. The lowest BCUT2D eigenvalue weighted by atomic mass is 9.98. The summed E-state index contributed by atoms with van der Waals surface area (Å²) in [6.07, 6.45) is 1.68. The van der Waals surface area contributed by atoms with Crippen LogP contribution in [0.1, 0.15) is 45.5 Å². The van der Waals surface area contributed by atoms with Gasteiger partial charge < -0.3 is 20.7 Å². The first-order valence-electron chi connectivity index (χ1n) is 10.2. The van der Waals surface area contributed by atoms with Crippen LogP contribution in [0.2, 0.25) is 0 Å². The van der Waals surface area contributed by atoms with Gasteiger partial charge in [-0.05, 0) is 61.7 Å². The highest BCUT2D eigenvalue weighted by molar-refractivity contribution is 7.11. The van der Waals surface area contributed by atoms with E-state index in [9.17, 15) is 22.8 Å². The van der Waals surface area contributed by atoms with Crippen LogP contribution in [0.15, 0.2) is 12.1 Å². The Hall–Kier alpha value is -2.86. The van der Waals surface area contributed by atoms with Crippen molar-refractivity contribution in [2.75, 3.05) is 32.5 Å². The summed E-state index contributed by atoms with van der Waals surface area (Å²) in [7, 11) is 3.92. The quantitative estimate of drug-likeness (QED) is 0.373. The van der Waals surface area contributed by atoms with E-state index in [2.05, 4.69) is 15.0 Å². The number of unbranched alkanes of at least 4 members (excludes halogenated alkanes) is 1. The van der Waals surface area contributed by atoms with Crippen molar-refractivity contribution in [2.45, 2.75) is 39.5 Å². The second-order valence-electron chi connectivity index (χ2n) is 7.48. The molecule has 0 saturated carbocycles. The van der Waals surface area contributed by atoms with E-state index in [1.54, 1.807) is 0 Å². The van der Waals surface area contributed by atoms with E-state index in [1.165, 1.54) is 12.1 Å². The van der Waals surface area contributed by atoms with E-state index in [0.29, 0.717) is 6.54 Å². The number of primary amides is 1. The maximum atomic E-state index is 13.5. The van der Waals surface area contributed by atoms with Gasteiger partial charge in [-0.2, -0.15) is 4.37 Å². The summed E-state index contributed by atoms with van der Waals surface area (Å²) >= 11 is 0.781. The van der Waals surface area contributed by atoms with Crippen LogP contribution in [-0.2, 0) is 26.6 Å². The molecule has 0 aliphatic carbocycles. The molecule has 1 aromatic heterocycles. The second kappa shape index (κ2) is 13.0. The molecule has 0 spiro atoms. The van der Waals surface area contributed by atoms with Gasteiger partial charge in [0.05, 0.1) is 0 Å². The summed E-state index contributed by atoms with van der Waals surface area (Å²) in [6.45, 7) is -1.84. The van der Waals surface area contributed by atoms with Crippen LogP contribution >= 0.6 is 11.5 Å². The lowest BCUT2D eigenvalue weighted by Crippen LogP contribution is -2.30. The highest BCUT2D eigenvalue weighted by atomic mass is 32.1. The van der Waals surface area contributed by atoms with Crippen LogP contribution in [0.3, 0.4) is 0 Å². The zero-order chi connectivity index (χ0) is 24.4. The van der Waals surface area contributed by atoms with E-state index < -0.39 is 32.0 Å². The van der Waals surface area contributed by atoms with Crippen LogP contribution in [-0.4, -0.2) is 48.4 Å². The summed E-state index contributed by atoms with van der Waals surface area (Å²) in [4.78, 5) is 26.2. The van der Waals surface area contributed by atoms with E-state index in [1.807, 2.05) is 19.0 Å². The Labute approximate surface area is 194 Å². The van der Waals surface area contributed by atoms with Crippen LogP contribution in [0.5, 0.6) is 5.88 Å². The Kier molecular flexibility index (Phi) is 10.4. The van der Waals surface area contributed by atoms with Crippen LogP contribution in [0.4, 0.5) is 23.0 Å². The van der Waals surface area contributed by atoms with Crippen molar-refractivity contribution in [1.82, 2.24) is 14.6 Å². The molecule has 33 heavy (non-hydrogen) atoms. The van der Waals surface area contributed by atoms with Crippen LogP contribution in [0, 0.1) is 0 Å². The summed E-state index contributed by atoms with van der Waals surface area (Å²) in [5, 5.41) is 5.28. The van der Waals surface area contributed by atoms with Gasteiger partial charge in [-0.25, -0.2) is 18.0 Å². The molecular formula is C21H28F3N5O3S. The van der Waals surface area contributed by atoms with Gasteiger partial charge in [0.1, 0.15) is 37.2 Å².